The number of rotatable bonds is 23. The SMILES string of the molecule is CC1(C)CN(CCCN(c2nc(NC3CCCCC3)nc(N(CC(=NC3CCCCC3)C3(N4CC(C)(C)NC(C)(C)C4=O)CCNc4nc(NC5CCCCC5)nc3n4)CC(=NC3CCCCC3)C3(N4CC(C)(C)NC(C)(C)C4=O)CCNc4nc(NC5CCCCC5)nc3n4)n2)C2CCCCC2)C(=O)C(C)(C)N1. The summed E-state index contributed by atoms with van der Waals surface area (Å²) in [6.07, 6.45) is 32.8. The van der Waals surface area contributed by atoms with Gasteiger partial charge in [0.05, 0.1) is 53.2 Å². The Balaban J connectivity index is 1.03. The third-order valence-electron chi connectivity index (χ3n) is 25.8. The summed E-state index contributed by atoms with van der Waals surface area (Å²) in [5, 5.41) is 30.3. The number of hydrogen-bond donors (Lipinski definition) is 8. The van der Waals surface area contributed by atoms with Crippen LogP contribution in [0.2, 0.25) is 0 Å². The lowest BCUT2D eigenvalue weighted by Crippen LogP contribution is -2.75. The lowest BCUT2D eigenvalue weighted by molar-refractivity contribution is -0.150. The minimum absolute atomic E-state index is 0.0743. The highest BCUT2D eigenvalue weighted by Crippen LogP contribution is 2.45. The predicted molar refractivity (Wildman–Crippen MR) is 434 cm³/mol. The van der Waals surface area contributed by atoms with E-state index in [1.807, 2.05) is 41.5 Å². The summed E-state index contributed by atoms with van der Waals surface area (Å²) in [5.41, 5.74) is -5.52. The monoisotopic (exact) mass is 1500 g/mol. The van der Waals surface area contributed by atoms with Crippen molar-refractivity contribution in [1.82, 2.24) is 75.5 Å². The molecule has 600 valence electrons. The topological polar surface area (TPSA) is 304 Å². The second kappa shape index (κ2) is 32.4. The van der Waals surface area contributed by atoms with Gasteiger partial charge >= 0.3 is 0 Å². The second-order valence-corrected chi connectivity index (χ2v) is 38.2. The molecule has 6 aliphatic carbocycles. The van der Waals surface area contributed by atoms with Crippen LogP contribution >= 0.6 is 0 Å². The Kier molecular flexibility index (Phi) is 23.5. The van der Waals surface area contributed by atoms with E-state index in [9.17, 15) is 4.79 Å². The van der Waals surface area contributed by atoms with Crippen molar-refractivity contribution in [3.05, 3.63) is 11.6 Å². The number of amides is 3. The maximum atomic E-state index is 16.5. The van der Waals surface area contributed by atoms with E-state index < -0.39 is 38.8 Å². The quantitative estimate of drug-likeness (QED) is 0.0409. The molecule has 11 aliphatic rings. The number of nitrogens with one attached hydrogen (secondary N) is 8. The number of nitrogens with zero attached hydrogens (tertiary/aromatic N) is 16. The van der Waals surface area contributed by atoms with Gasteiger partial charge in [0.15, 0.2) is 11.6 Å². The summed E-state index contributed by atoms with van der Waals surface area (Å²) < 4.78 is 0. The predicted octanol–water partition coefficient (Wildman–Crippen LogP) is 11.7. The molecule has 0 spiro atoms. The van der Waals surface area contributed by atoms with Gasteiger partial charge in [-0.25, -0.2) is 0 Å². The normalized spacial score (nSPS) is 27.4. The minimum Gasteiger partial charge on any atom is -0.354 e. The molecule has 14 rings (SSSR count). The smallest absolute Gasteiger partial charge is 0.243 e. The highest BCUT2D eigenvalue weighted by molar-refractivity contribution is 6.05. The van der Waals surface area contributed by atoms with Gasteiger partial charge in [-0.15, -0.1) is 0 Å². The number of hydrogen-bond acceptors (Lipinski definition) is 24. The van der Waals surface area contributed by atoms with Crippen molar-refractivity contribution in [2.24, 2.45) is 9.98 Å². The van der Waals surface area contributed by atoms with Crippen molar-refractivity contribution in [2.75, 3.05) is 95.3 Å². The molecule has 8 N–H and O–H groups in total. The fourth-order valence-corrected chi connectivity index (χ4v) is 21.1. The fourth-order valence-electron chi connectivity index (χ4n) is 21.1. The number of anilines is 7. The van der Waals surface area contributed by atoms with Crippen LogP contribution < -0.4 is 52.3 Å². The third-order valence-corrected chi connectivity index (χ3v) is 25.8. The zero-order valence-corrected chi connectivity index (χ0v) is 68.5. The molecule has 0 radical (unpaired) electrons. The van der Waals surface area contributed by atoms with Gasteiger partial charge in [0, 0.05) is 99.4 Å². The molecule has 3 amide bonds. The Bertz CT molecular complexity index is 3580. The summed E-state index contributed by atoms with van der Waals surface area (Å²) >= 11 is 0. The van der Waals surface area contributed by atoms with Crippen molar-refractivity contribution < 1.29 is 14.4 Å². The Morgan fingerprint density at radius 3 is 1.21 bits per heavy atom. The van der Waals surface area contributed by atoms with Crippen molar-refractivity contribution in [2.45, 2.75) is 376 Å². The molecule has 5 aliphatic heterocycles. The van der Waals surface area contributed by atoms with E-state index in [1.54, 1.807) is 0 Å². The largest absolute Gasteiger partial charge is 0.354 e. The Labute approximate surface area is 650 Å². The molecule has 27 heteroatoms. The molecule has 3 aromatic heterocycles. The van der Waals surface area contributed by atoms with E-state index in [4.69, 9.17) is 54.8 Å². The maximum Gasteiger partial charge on any atom is 0.243 e. The molecule has 3 saturated heterocycles. The van der Waals surface area contributed by atoms with Gasteiger partial charge in [-0.1, -0.05) is 116 Å². The highest BCUT2D eigenvalue weighted by Gasteiger charge is 2.60. The van der Waals surface area contributed by atoms with E-state index in [-0.39, 0.29) is 72.6 Å². The van der Waals surface area contributed by atoms with E-state index in [0.29, 0.717) is 118 Å². The van der Waals surface area contributed by atoms with E-state index in [2.05, 4.69) is 109 Å². The maximum absolute atomic E-state index is 16.5. The van der Waals surface area contributed by atoms with Crippen LogP contribution in [0.25, 0.3) is 0 Å². The second-order valence-electron chi connectivity index (χ2n) is 38.2. The van der Waals surface area contributed by atoms with E-state index >= 15 is 9.59 Å². The molecule has 2 unspecified atom stereocenters. The van der Waals surface area contributed by atoms with Gasteiger partial charge in [-0.05, 0) is 167 Å². The average molecular weight is 1500 g/mol. The van der Waals surface area contributed by atoms with Crippen LogP contribution in [-0.2, 0) is 25.5 Å². The zero-order chi connectivity index (χ0) is 76.6. The number of carbonyl (C=O) groups is 3. The van der Waals surface area contributed by atoms with Gasteiger partial charge in [0.25, 0.3) is 0 Å². The number of aliphatic imine (C=N–C) groups is 2. The van der Waals surface area contributed by atoms with E-state index in [0.717, 1.165) is 185 Å². The summed E-state index contributed by atoms with van der Waals surface area (Å²) in [6.45, 7) is 28.7. The first kappa shape index (κ1) is 78.9. The first-order valence-electron chi connectivity index (χ1n) is 43.1. The highest BCUT2D eigenvalue weighted by atomic mass is 16.2. The van der Waals surface area contributed by atoms with Crippen molar-refractivity contribution in [1.29, 1.82) is 0 Å². The molecule has 3 aromatic rings. The molecular weight excluding hydrogens is 1370 g/mol. The lowest BCUT2D eigenvalue weighted by Gasteiger charge is -2.55. The van der Waals surface area contributed by atoms with Crippen LogP contribution in [0.5, 0.6) is 0 Å². The minimum atomic E-state index is -1.39. The summed E-state index contributed by atoms with van der Waals surface area (Å²) in [7, 11) is 0. The van der Waals surface area contributed by atoms with Gasteiger partial charge in [0.2, 0.25) is 59.4 Å². The van der Waals surface area contributed by atoms with Crippen molar-refractivity contribution >= 4 is 70.8 Å². The van der Waals surface area contributed by atoms with Crippen molar-refractivity contribution in [3.8, 4) is 0 Å². The summed E-state index contributed by atoms with van der Waals surface area (Å²) in [6, 6.07) is 0.376. The molecule has 0 aromatic carbocycles. The van der Waals surface area contributed by atoms with Crippen LogP contribution in [0.3, 0.4) is 0 Å². The van der Waals surface area contributed by atoms with E-state index in [1.165, 1.54) is 19.3 Å². The van der Waals surface area contributed by atoms with Crippen LogP contribution in [0.15, 0.2) is 9.98 Å². The standard InChI is InChI=1S/C82H134N24O3/c1-75(2)52-102(65(107)78(7,8)99-75)48-31-49-104(60-42-29-18-30-43-60)74-97-72(89-59-40-27-17-28-41-59)96-73(98-74)103(50-61(85-55-32-19-13-20-33-55)81(105-53-76(3,4)100-79(9,10)66(105)108)44-46-83-68-90-63(81)92-70(94-68)87-57-36-23-15-24-37-57)51-62(86-56-34-21-14-22-35-56)82(106-54-77(5,6)101-80(11,12)67(106)109)45-47-84-69-91-64(82)93-71(95-69)88-58-38-25-16-26-39-58/h55-60,99-101H,13-54H2,1-12H3,(H,89,96,97,98)(H2,83,87,90,92,94)(H2,84,88,91,93,95). The summed E-state index contributed by atoms with van der Waals surface area (Å²) in [4.78, 5) is 121. The molecular formula is C82H134N24O3. The van der Waals surface area contributed by atoms with Crippen molar-refractivity contribution in [3.63, 3.8) is 0 Å². The molecule has 4 bridgehead atoms. The average Bonchev–Trinajstić information content (AvgIpc) is 1.69. The van der Waals surface area contributed by atoms with Gasteiger partial charge in [-0.2, -0.15) is 44.9 Å². The third kappa shape index (κ3) is 17.9. The number of carbonyl (C=O) groups excluding carboxylic acids is 3. The molecule has 9 fully saturated rings. The lowest BCUT2D eigenvalue weighted by atomic mass is 9.78. The van der Waals surface area contributed by atoms with Crippen LogP contribution in [0.1, 0.15) is 307 Å². The molecule has 27 nitrogen and oxygen atoms in total. The molecule has 2 atom stereocenters. The van der Waals surface area contributed by atoms with Crippen LogP contribution in [-0.4, -0.2) is 217 Å². The van der Waals surface area contributed by atoms with Crippen LogP contribution in [0, 0.1) is 0 Å². The Hall–Kier alpha value is -6.74. The molecule has 8 heterocycles. The molecule has 109 heavy (non-hydrogen) atoms. The first-order valence-corrected chi connectivity index (χ1v) is 43.1. The number of piperazine rings is 3. The fraction of sp³-hybridized carbons (Fsp3) is 0.829. The number of aromatic nitrogens is 9. The zero-order valence-electron chi connectivity index (χ0n) is 68.5. The Morgan fingerprint density at radius 2 is 0.789 bits per heavy atom. The summed E-state index contributed by atoms with van der Waals surface area (Å²) in [5.74, 6) is 4.31. The van der Waals surface area contributed by atoms with Gasteiger partial charge in [-0.3, -0.25) is 40.3 Å². The Morgan fingerprint density at radius 1 is 0.422 bits per heavy atom. The number of fused-ring (bicyclic) bond motifs is 4. The first-order chi connectivity index (χ1) is 52.0. The van der Waals surface area contributed by atoms with Gasteiger partial charge < -0.3 is 51.1 Å². The van der Waals surface area contributed by atoms with Crippen LogP contribution in [0.4, 0.5) is 41.6 Å². The molecule has 6 saturated carbocycles. The van der Waals surface area contributed by atoms with Gasteiger partial charge in [0.1, 0.15) is 11.1 Å².